The molecule has 0 radical (unpaired) electrons. The Morgan fingerprint density at radius 1 is 1.28 bits per heavy atom. The molecule has 0 spiro atoms. The number of piperidine rings is 1. The lowest BCUT2D eigenvalue weighted by Gasteiger charge is -2.28. The van der Waals surface area contributed by atoms with Crippen molar-refractivity contribution in [2.45, 2.75) is 12.8 Å². The van der Waals surface area contributed by atoms with Gasteiger partial charge in [-0.3, -0.25) is 4.79 Å². The fourth-order valence-corrected chi connectivity index (χ4v) is 4.13. The van der Waals surface area contributed by atoms with E-state index in [1.54, 1.807) is 17.5 Å². The number of fused-ring (bicyclic) bond motifs is 1. The first-order chi connectivity index (χ1) is 12.2. The van der Waals surface area contributed by atoms with Crippen LogP contribution in [0.1, 0.15) is 12.8 Å². The second-order valence-electron chi connectivity index (χ2n) is 6.51. The van der Waals surface area contributed by atoms with Gasteiger partial charge < -0.3 is 10.2 Å². The average molecular weight is 352 g/mol. The number of carbonyl (C=O) groups excluding carboxylic acids is 1. The summed E-state index contributed by atoms with van der Waals surface area (Å²) in [6.45, 7) is 1.91. The molecule has 1 fully saturated rings. The van der Waals surface area contributed by atoms with Gasteiger partial charge in [-0.1, -0.05) is 11.3 Å². The van der Waals surface area contributed by atoms with Gasteiger partial charge in [-0.2, -0.15) is 0 Å². The first-order valence-corrected chi connectivity index (χ1v) is 9.32. The normalized spacial score (nSPS) is 18.4. The van der Waals surface area contributed by atoms with Crippen molar-refractivity contribution in [1.29, 1.82) is 0 Å². The van der Waals surface area contributed by atoms with E-state index in [0.717, 1.165) is 52.5 Å². The first kappa shape index (κ1) is 16.2. The number of aromatic nitrogens is 2. The molecule has 6 heteroatoms. The van der Waals surface area contributed by atoms with Crippen molar-refractivity contribution >= 4 is 33.3 Å². The number of hydrogen-bond donors (Lipinski definition) is 1. The highest BCUT2D eigenvalue weighted by Gasteiger charge is 2.23. The van der Waals surface area contributed by atoms with Gasteiger partial charge in [-0.15, -0.1) is 0 Å². The van der Waals surface area contributed by atoms with Gasteiger partial charge in [-0.25, -0.2) is 9.97 Å². The van der Waals surface area contributed by atoms with Crippen LogP contribution in [0.5, 0.6) is 0 Å². The lowest BCUT2D eigenvalue weighted by atomic mass is 9.97. The van der Waals surface area contributed by atoms with Crippen LogP contribution >= 0.6 is 11.3 Å². The molecular weight excluding hydrogens is 332 g/mol. The Morgan fingerprint density at radius 3 is 2.88 bits per heavy atom. The van der Waals surface area contributed by atoms with E-state index in [-0.39, 0.29) is 11.8 Å². The predicted molar refractivity (Wildman–Crippen MR) is 102 cm³/mol. The third-order valence-corrected chi connectivity index (χ3v) is 5.59. The molecule has 1 unspecified atom stereocenters. The molecule has 1 saturated heterocycles. The summed E-state index contributed by atoms with van der Waals surface area (Å²) >= 11 is 1.58. The minimum absolute atomic E-state index is 0.0776. The zero-order valence-electron chi connectivity index (χ0n) is 14.1. The van der Waals surface area contributed by atoms with Gasteiger partial charge in [0.05, 0.1) is 5.92 Å². The van der Waals surface area contributed by atoms with Gasteiger partial charge in [0.2, 0.25) is 5.91 Å². The fraction of sp³-hybridized carbons (Fsp3) is 0.316. The fourth-order valence-electron chi connectivity index (χ4n) is 3.21. The molecule has 1 N–H and O–H groups in total. The Kier molecular flexibility index (Phi) is 4.46. The Balaban J connectivity index is 1.47. The average Bonchev–Trinajstić information content (AvgIpc) is 3.06. The van der Waals surface area contributed by atoms with Crippen LogP contribution in [0, 0.1) is 5.92 Å². The van der Waals surface area contributed by atoms with Crippen LogP contribution in [-0.2, 0) is 4.79 Å². The number of thiazole rings is 1. The zero-order valence-corrected chi connectivity index (χ0v) is 14.9. The minimum Gasteiger partial charge on any atom is -0.326 e. The van der Waals surface area contributed by atoms with Gasteiger partial charge in [0.15, 0.2) is 0 Å². The number of nitrogens with one attached hydrogen (secondary N) is 1. The summed E-state index contributed by atoms with van der Waals surface area (Å²) in [6.07, 6.45) is 3.83. The van der Waals surface area contributed by atoms with E-state index < -0.39 is 0 Å². The van der Waals surface area contributed by atoms with Gasteiger partial charge in [-0.05, 0) is 62.8 Å². The van der Waals surface area contributed by atoms with E-state index in [0.29, 0.717) is 0 Å². The summed E-state index contributed by atoms with van der Waals surface area (Å²) in [5.41, 5.74) is 2.79. The predicted octanol–water partition coefficient (Wildman–Crippen LogP) is 3.64. The number of rotatable bonds is 3. The summed E-state index contributed by atoms with van der Waals surface area (Å²) in [5.74, 6) is 0.192. The number of amides is 1. The summed E-state index contributed by atoms with van der Waals surface area (Å²) in [7, 11) is 2.07. The lowest BCUT2D eigenvalue weighted by Crippen LogP contribution is -2.38. The first-order valence-electron chi connectivity index (χ1n) is 8.50. The second kappa shape index (κ2) is 6.90. The van der Waals surface area contributed by atoms with Crippen LogP contribution in [0.3, 0.4) is 0 Å². The number of likely N-dealkylation sites (tertiary alicyclic amines) is 1. The Labute approximate surface area is 150 Å². The topological polar surface area (TPSA) is 58.1 Å². The Hall–Kier alpha value is -2.31. The van der Waals surface area contributed by atoms with Crippen molar-refractivity contribution in [3.05, 3.63) is 42.6 Å². The molecule has 0 bridgehead atoms. The highest BCUT2D eigenvalue weighted by Crippen LogP contribution is 2.29. The lowest BCUT2D eigenvalue weighted by molar-refractivity contribution is -0.121. The van der Waals surface area contributed by atoms with E-state index in [2.05, 4.69) is 27.2 Å². The summed E-state index contributed by atoms with van der Waals surface area (Å²) < 4.78 is 0. The maximum atomic E-state index is 12.4. The number of carbonyl (C=O) groups is 1. The molecule has 1 atom stereocenters. The molecular formula is C19H20N4OS. The monoisotopic (exact) mass is 352 g/mol. The van der Waals surface area contributed by atoms with E-state index in [9.17, 15) is 4.79 Å². The minimum atomic E-state index is 0.0776. The largest absolute Gasteiger partial charge is 0.326 e. The van der Waals surface area contributed by atoms with E-state index in [1.807, 2.05) is 36.4 Å². The zero-order chi connectivity index (χ0) is 17.2. The molecule has 128 valence electrons. The van der Waals surface area contributed by atoms with Crippen molar-refractivity contribution in [3.63, 3.8) is 0 Å². The maximum Gasteiger partial charge on any atom is 0.228 e. The SMILES string of the molecule is CN1CCCC(C(=O)Nc2ccc(-c3nc4cccnc4s3)cc2)C1. The van der Waals surface area contributed by atoms with Gasteiger partial charge >= 0.3 is 0 Å². The van der Waals surface area contributed by atoms with Crippen LogP contribution in [0.25, 0.3) is 20.9 Å². The van der Waals surface area contributed by atoms with Crippen LogP contribution in [0.15, 0.2) is 42.6 Å². The molecule has 4 rings (SSSR count). The van der Waals surface area contributed by atoms with Crippen molar-refractivity contribution in [1.82, 2.24) is 14.9 Å². The summed E-state index contributed by atoms with van der Waals surface area (Å²) in [6, 6.07) is 11.8. The van der Waals surface area contributed by atoms with E-state index >= 15 is 0 Å². The number of hydrogen-bond acceptors (Lipinski definition) is 5. The van der Waals surface area contributed by atoms with Crippen LogP contribution < -0.4 is 5.32 Å². The molecule has 3 heterocycles. The molecule has 1 aliphatic heterocycles. The summed E-state index contributed by atoms with van der Waals surface area (Å²) in [4.78, 5) is 24.5. The van der Waals surface area contributed by atoms with Gasteiger partial charge in [0.1, 0.15) is 15.4 Å². The van der Waals surface area contributed by atoms with Crippen LogP contribution in [0.2, 0.25) is 0 Å². The molecule has 25 heavy (non-hydrogen) atoms. The molecule has 0 aliphatic carbocycles. The quantitative estimate of drug-likeness (QED) is 0.782. The Bertz CT molecular complexity index is 857. The molecule has 2 aromatic heterocycles. The third kappa shape index (κ3) is 3.55. The van der Waals surface area contributed by atoms with Crippen molar-refractivity contribution < 1.29 is 4.79 Å². The second-order valence-corrected chi connectivity index (χ2v) is 7.49. The maximum absolute atomic E-state index is 12.4. The van der Waals surface area contributed by atoms with Crippen molar-refractivity contribution in [3.8, 4) is 10.6 Å². The molecule has 0 saturated carbocycles. The standard InChI is InChI=1S/C19H20N4OS/c1-23-11-3-4-14(12-23)17(24)21-15-8-6-13(7-9-15)18-22-16-5-2-10-20-19(16)25-18/h2,5-10,14H,3-4,11-12H2,1H3,(H,21,24). The van der Waals surface area contributed by atoms with E-state index in [1.165, 1.54) is 0 Å². The van der Waals surface area contributed by atoms with Crippen LogP contribution in [0.4, 0.5) is 5.69 Å². The third-order valence-electron chi connectivity index (χ3n) is 4.56. The highest BCUT2D eigenvalue weighted by molar-refractivity contribution is 7.21. The van der Waals surface area contributed by atoms with E-state index in [4.69, 9.17) is 0 Å². The smallest absolute Gasteiger partial charge is 0.228 e. The molecule has 3 aromatic rings. The molecule has 1 aromatic carbocycles. The Morgan fingerprint density at radius 2 is 2.12 bits per heavy atom. The van der Waals surface area contributed by atoms with Crippen molar-refractivity contribution in [2.24, 2.45) is 5.92 Å². The summed E-state index contributed by atoms with van der Waals surface area (Å²) in [5, 5.41) is 3.99. The molecule has 1 amide bonds. The molecule has 5 nitrogen and oxygen atoms in total. The van der Waals surface area contributed by atoms with Crippen LogP contribution in [-0.4, -0.2) is 40.9 Å². The highest BCUT2D eigenvalue weighted by atomic mass is 32.1. The molecule has 1 aliphatic rings. The number of anilines is 1. The van der Waals surface area contributed by atoms with Gasteiger partial charge in [0, 0.05) is 24.0 Å². The number of nitrogens with zero attached hydrogens (tertiary/aromatic N) is 3. The van der Waals surface area contributed by atoms with Gasteiger partial charge in [0.25, 0.3) is 0 Å². The van der Waals surface area contributed by atoms with Crippen molar-refractivity contribution in [2.75, 3.05) is 25.5 Å². The number of pyridine rings is 1. The number of benzene rings is 1.